The van der Waals surface area contributed by atoms with Gasteiger partial charge in [-0.2, -0.15) is 5.26 Å². The number of aromatic nitrogens is 1. The van der Waals surface area contributed by atoms with Crippen molar-refractivity contribution in [3.05, 3.63) is 67.0 Å². The highest BCUT2D eigenvalue weighted by Gasteiger charge is 2.27. The van der Waals surface area contributed by atoms with E-state index in [-0.39, 0.29) is 12.1 Å². The summed E-state index contributed by atoms with van der Waals surface area (Å²) in [5.74, 6) is -1.51. The van der Waals surface area contributed by atoms with E-state index in [1.807, 2.05) is 0 Å². The molecule has 1 heterocycles. The second kappa shape index (κ2) is 8.25. The summed E-state index contributed by atoms with van der Waals surface area (Å²) in [6, 6.07) is 11.4. The first kappa shape index (κ1) is 16.9. The summed E-state index contributed by atoms with van der Waals surface area (Å²) in [6.07, 6.45) is 4.67. The van der Waals surface area contributed by atoms with Gasteiger partial charge in [-0.15, -0.1) is 6.58 Å². The molecule has 120 valence electrons. The van der Waals surface area contributed by atoms with Gasteiger partial charge in [-0.25, -0.2) is 0 Å². The van der Waals surface area contributed by atoms with Crippen LogP contribution >= 0.6 is 0 Å². The van der Waals surface area contributed by atoms with Crippen LogP contribution in [-0.4, -0.2) is 23.2 Å². The van der Waals surface area contributed by atoms with Crippen molar-refractivity contribution in [2.45, 2.75) is 0 Å². The van der Waals surface area contributed by atoms with Gasteiger partial charge in [0.25, 0.3) is 0 Å². The molecule has 2 aromatic rings. The van der Waals surface area contributed by atoms with Gasteiger partial charge in [-0.3, -0.25) is 14.6 Å². The maximum Gasteiger partial charge on any atom is 0.245 e. The minimum Gasteiger partial charge on any atom is -0.456 e. The molecule has 0 aliphatic rings. The molecule has 0 spiro atoms. The minimum atomic E-state index is -1.39. The van der Waals surface area contributed by atoms with Gasteiger partial charge in [0.15, 0.2) is 11.7 Å². The molecular formula is C18H15N3O3. The van der Waals surface area contributed by atoms with Crippen LogP contribution < -0.4 is 10.1 Å². The largest absolute Gasteiger partial charge is 0.456 e. The SMILES string of the molecule is C=CCNC(=O)[C@@H](C#N)C(=O)c1ccc(Oc2cccnc2)cc1. The van der Waals surface area contributed by atoms with Gasteiger partial charge in [0.2, 0.25) is 5.91 Å². The lowest BCUT2D eigenvalue weighted by Crippen LogP contribution is -2.34. The van der Waals surface area contributed by atoms with E-state index in [1.165, 1.54) is 18.2 Å². The average Bonchev–Trinajstić information content (AvgIpc) is 2.62. The molecule has 1 N–H and O–H groups in total. The van der Waals surface area contributed by atoms with Crippen molar-refractivity contribution in [2.75, 3.05) is 6.54 Å². The molecule has 0 aliphatic heterocycles. The summed E-state index contributed by atoms with van der Waals surface area (Å²) in [5.41, 5.74) is 0.258. The number of carbonyl (C=O) groups excluding carboxylic acids is 2. The minimum absolute atomic E-state index is 0.197. The number of nitrogens with zero attached hydrogens (tertiary/aromatic N) is 2. The van der Waals surface area contributed by atoms with Crippen LogP contribution in [0.15, 0.2) is 61.4 Å². The molecule has 1 amide bonds. The first-order chi connectivity index (χ1) is 11.7. The lowest BCUT2D eigenvalue weighted by molar-refractivity contribution is -0.121. The van der Waals surface area contributed by atoms with Crippen LogP contribution in [0.3, 0.4) is 0 Å². The topological polar surface area (TPSA) is 92.1 Å². The fourth-order valence-corrected chi connectivity index (χ4v) is 1.91. The zero-order chi connectivity index (χ0) is 17.4. The average molecular weight is 321 g/mol. The fraction of sp³-hybridized carbons (Fsp3) is 0.111. The third-order valence-electron chi connectivity index (χ3n) is 3.08. The van der Waals surface area contributed by atoms with Crippen molar-refractivity contribution < 1.29 is 14.3 Å². The third-order valence-corrected chi connectivity index (χ3v) is 3.08. The van der Waals surface area contributed by atoms with E-state index in [0.29, 0.717) is 11.5 Å². The Morgan fingerprint density at radius 3 is 2.62 bits per heavy atom. The maximum absolute atomic E-state index is 12.3. The molecule has 0 fully saturated rings. The molecule has 1 atom stereocenters. The number of carbonyl (C=O) groups is 2. The van der Waals surface area contributed by atoms with Crippen LogP contribution in [0.2, 0.25) is 0 Å². The fourth-order valence-electron chi connectivity index (χ4n) is 1.91. The summed E-state index contributed by atoms with van der Waals surface area (Å²) in [6.45, 7) is 3.66. The number of rotatable bonds is 7. The molecular weight excluding hydrogens is 306 g/mol. The quantitative estimate of drug-likeness (QED) is 0.480. The lowest BCUT2D eigenvalue weighted by atomic mass is 9.98. The van der Waals surface area contributed by atoms with Crippen LogP contribution in [-0.2, 0) is 4.79 Å². The van der Waals surface area contributed by atoms with Crippen molar-refractivity contribution >= 4 is 11.7 Å². The Balaban J connectivity index is 2.08. The summed E-state index contributed by atoms with van der Waals surface area (Å²) in [7, 11) is 0. The van der Waals surface area contributed by atoms with Gasteiger partial charge < -0.3 is 10.1 Å². The first-order valence-corrected chi connectivity index (χ1v) is 7.16. The van der Waals surface area contributed by atoms with Crippen molar-refractivity contribution in [3.8, 4) is 17.6 Å². The molecule has 0 saturated heterocycles. The molecule has 0 bridgehead atoms. The lowest BCUT2D eigenvalue weighted by Gasteiger charge is -2.09. The van der Waals surface area contributed by atoms with Crippen molar-refractivity contribution in [3.63, 3.8) is 0 Å². The monoisotopic (exact) mass is 321 g/mol. The van der Waals surface area contributed by atoms with E-state index in [4.69, 9.17) is 10.00 Å². The highest BCUT2D eigenvalue weighted by atomic mass is 16.5. The van der Waals surface area contributed by atoms with Gasteiger partial charge in [0, 0.05) is 18.3 Å². The molecule has 2 rings (SSSR count). The zero-order valence-corrected chi connectivity index (χ0v) is 12.8. The van der Waals surface area contributed by atoms with Gasteiger partial charge >= 0.3 is 0 Å². The highest BCUT2D eigenvalue weighted by Crippen LogP contribution is 2.21. The Bertz CT molecular complexity index is 764. The number of nitriles is 1. The number of ketones is 1. The molecule has 6 heteroatoms. The molecule has 1 aromatic heterocycles. The number of benzene rings is 1. The second-order valence-corrected chi connectivity index (χ2v) is 4.78. The first-order valence-electron chi connectivity index (χ1n) is 7.16. The number of ether oxygens (including phenoxy) is 1. The number of hydrogen-bond donors (Lipinski definition) is 1. The van der Waals surface area contributed by atoms with E-state index in [1.54, 1.807) is 42.7 Å². The predicted molar refractivity (Wildman–Crippen MR) is 87.4 cm³/mol. The smallest absolute Gasteiger partial charge is 0.245 e. The molecule has 1 aromatic carbocycles. The summed E-state index contributed by atoms with van der Waals surface area (Å²) >= 11 is 0. The number of amides is 1. The number of Topliss-reactive ketones (excluding diaryl/α,β-unsaturated/α-hetero) is 1. The van der Waals surface area contributed by atoms with Gasteiger partial charge in [-0.1, -0.05) is 6.08 Å². The van der Waals surface area contributed by atoms with E-state index >= 15 is 0 Å². The van der Waals surface area contributed by atoms with E-state index in [9.17, 15) is 9.59 Å². The molecule has 24 heavy (non-hydrogen) atoms. The number of nitrogens with one attached hydrogen (secondary N) is 1. The summed E-state index contributed by atoms with van der Waals surface area (Å²) < 4.78 is 5.57. The standard InChI is InChI=1S/C18H15N3O3/c1-2-9-21-18(23)16(11-19)17(22)13-5-7-14(8-6-13)24-15-4-3-10-20-12-15/h2-8,10,12,16H,1,9H2,(H,21,23)/t16-/m0/s1. The van der Waals surface area contributed by atoms with Crippen LogP contribution in [0.5, 0.6) is 11.5 Å². The molecule has 0 aliphatic carbocycles. The molecule has 0 radical (unpaired) electrons. The van der Waals surface area contributed by atoms with E-state index in [2.05, 4.69) is 16.9 Å². The summed E-state index contributed by atoms with van der Waals surface area (Å²) in [5, 5.41) is 11.5. The third kappa shape index (κ3) is 4.27. The van der Waals surface area contributed by atoms with Crippen molar-refractivity contribution in [1.29, 1.82) is 5.26 Å². The maximum atomic E-state index is 12.3. The zero-order valence-electron chi connectivity index (χ0n) is 12.8. The number of pyridine rings is 1. The Kier molecular flexibility index (Phi) is 5.81. The van der Waals surface area contributed by atoms with Crippen LogP contribution in [0.1, 0.15) is 10.4 Å². The van der Waals surface area contributed by atoms with Gasteiger partial charge in [-0.05, 0) is 36.4 Å². The van der Waals surface area contributed by atoms with Gasteiger partial charge in [0.1, 0.15) is 11.5 Å². The Morgan fingerprint density at radius 1 is 1.29 bits per heavy atom. The van der Waals surface area contributed by atoms with E-state index in [0.717, 1.165) is 0 Å². The number of hydrogen-bond acceptors (Lipinski definition) is 5. The van der Waals surface area contributed by atoms with Crippen molar-refractivity contribution in [2.24, 2.45) is 5.92 Å². The Labute approximate surface area is 139 Å². The van der Waals surface area contributed by atoms with Crippen LogP contribution in [0, 0.1) is 17.2 Å². The second-order valence-electron chi connectivity index (χ2n) is 4.78. The normalized spacial score (nSPS) is 11.0. The van der Waals surface area contributed by atoms with Crippen molar-refractivity contribution in [1.82, 2.24) is 10.3 Å². The van der Waals surface area contributed by atoms with Crippen LogP contribution in [0.4, 0.5) is 0 Å². The van der Waals surface area contributed by atoms with E-state index < -0.39 is 17.6 Å². The molecule has 0 saturated carbocycles. The molecule has 0 unspecified atom stereocenters. The highest BCUT2D eigenvalue weighted by molar-refractivity contribution is 6.12. The molecule has 6 nitrogen and oxygen atoms in total. The van der Waals surface area contributed by atoms with Crippen LogP contribution in [0.25, 0.3) is 0 Å². The predicted octanol–water partition coefficient (Wildman–Crippen LogP) is 2.50. The Hall–Kier alpha value is -3.46. The Morgan fingerprint density at radius 2 is 2.04 bits per heavy atom. The van der Waals surface area contributed by atoms with Gasteiger partial charge in [0.05, 0.1) is 12.3 Å². The summed E-state index contributed by atoms with van der Waals surface area (Å²) in [4.78, 5) is 28.1.